The van der Waals surface area contributed by atoms with Gasteiger partial charge in [-0.25, -0.2) is 0 Å². The fraction of sp³-hybridized carbons (Fsp3) is 0.286. The van der Waals surface area contributed by atoms with E-state index in [4.69, 9.17) is 0 Å². The van der Waals surface area contributed by atoms with Gasteiger partial charge in [-0.1, -0.05) is 0 Å². The highest BCUT2D eigenvalue weighted by Gasteiger charge is 1.95. The number of nitrogens with zero attached hydrogens (tertiary/aromatic N) is 1. The predicted octanol–water partition coefficient (Wildman–Crippen LogP) is 0.234. The molecule has 0 saturated carbocycles. The topological polar surface area (TPSA) is 34.0 Å². The smallest absolute Gasteiger partial charge is 0.239 e. The number of amides is 1. The largest absolute Gasteiger partial charge is 0.358 e. The zero-order valence-electron chi connectivity index (χ0n) is 5.87. The van der Waals surface area contributed by atoms with E-state index in [2.05, 4.69) is 5.32 Å². The number of carbonyl (C=O) groups excluding carboxylic acids is 1. The zero-order valence-corrected chi connectivity index (χ0v) is 5.87. The molecule has 0 radical (unpaired) electrons. The lowest BCUT2D eigenvalue weighted by atomic mass is 10.6. The van der Waals surface area contributed by atoms with Crippen LogP contribution in [0.3, 0.4) is 0 Å². The molecule has 0 aliphatic rings. The van der Waals surface area contributed by atoms with Gasteiger partial charge in [0.05, 0.1) is 0 Å². The molecule has 1 N–H and O–H groups in total. The van der Waals surface area contributed by atoms with Crippen LogP contribution < -0.4 is 5.32 Å². The molecule has 1 rings (SSSR count). The third kappa shape index (κ3) is 1.62. The molecule has 0 unspecified atom stereocenters. The SMILES string of the molecule is CNC(=O)Cn1cccc1. The molecule has 1 heterocycles. The summed E-state index contributed by atoms with van der Waals surface area (Å²) in [5.74, 6) is 0.0243. The van der Waals surface area contributed by atoms with Crippen molar-refractivity contribution in [1.29, 1.82) is 0 Å². The van der Waals surface area contributed by atoms with Gasteiger partial charge in [0.15, 0.2) is 0 Å². The van der Waals surface area contributed by atoms with Crippen LogP contribution in [0.2, 0.25) is 0 Å². The van der Waals surface area contributed by atoms with Crippen molar-refractivity contribution in [3.8, 4) is 0 Å². The second-order valence-corrected chi connectivity index (χ2v) is 2.03. The van der Waals surface area contributed by atoms with E-state index in [1.54, 1.807) is 7.05 Å². The van der Waals surface area contributed by atoms with Crippen molar-refractivity contribution in [3.05, 3.63) is 24.5 Å². The first-order chi connectivity index (χ1) is 4.83. The minimum atomic E-state index is 0.0243. The van der Waals surface area contributed by atoms with Gasteiger partial charge in [0.2, 0.25) is 5.91 Å². The van der Waals surface area contributed by atoms with Crippen LogP contribution in [0.4, 0.5) is 0 Å². The van der Waals surface area contributed by atoms with Crippen LogP contribution in [0.25, 0.3) is 0 Å². The molecule has 0 fully saturated rings. The van der Waals surface area contributed by atoms with Crippen molar-refractivity contribution >= 4 is 5.91 Å². The number of rotatable bonds is 2. The Morgan fingerprint density at radius 3 is 2.60 bits per heavy atom. The fourth-order valence-corrected chi connectivity index (χ4v) is 0.720. The van der Waals surface area contributed by atoms with Crippen molar-refractivity contribution in [2.24, 2.45) is 0 Å². The molecule has 0 atom stereocenters. The van der Waals surface area contributed by atoms with Gasteiger partial charge >= 0.3 is 0 Å². The summed E-state index contributed by atoms with van der Waals surface area (Å²) >= 11 is 0. The first-order valence-electron chi connectivity index (χ1n) is 3.14. The number of nitrogens with one attached hydrogen (secondary N) is 1. The van der Waals surface area contributed by atoms with Crippen LogP contribution in [0.1, 0.15) is 0 Å². The fourth-order valence-electron chi connectivity index (χ4n) is 0.720. The van der Waals surface area contributed by atoms with Crippen LogP contribution in [0, 0.1) is 0 Å². The molecule has 0 aliphatic carbocycles. The molecule has 1 amide bonds. The third-order valence-corrected chi connectivity index (χ3v) is 1.27. The molecule has 54 valence electrons. The highest BCUT2D eigenvalue weighted by Crippen LogP contribution is 1.88. The molecule has 0 bridgehead atoms. The maximum absolute atomic E-state index is 10.7. The summed E-state index contributed by atoms with van der Waals surface area (Å²) in [5, 5.41) is 2.54. The Balaban J connectivity index is 2.48. The summed E-state index contributed by atoms with van der Waals surface area (Å²) in [7, 11) is 1.63. The van der Waals surface area contributed by atoms with E-state index in [9.17, 15) is 4.79 Å². The van der Waals surface area contributed by atoms with Crippen LogP contribution >= 0.6 is 0 Å². The molecule has 1 aromatic heterocycles. The van der Waals surface area contributed by atoms with Gasteiger partial charge in [-0.3, -0.25) is 4.79 Å². The molecule has 0 saturated heterocycles. The average molecular weight is 138 g/mol. The summed E-state index contributed by atoms with van der Waals surface area (Å²) < 4.78 is 1.82. The number of aromatic nitrogens is 1. The quantitative estimate of drug-likeness (QED) is 0.623. The number of carbonyl (C=O) groups is 1. The van der Waals surface area contributed by atoms with E-state index >= 15 is 0 Å². The normalized spacial score (nSPS) is 9.30. The summed E-state index contributed by atoms with van der Waals surface area (Å²) in [5.41, 5.74) is 0. The van der Waals surface area contributed by atoms with Gasteiger partial charge in [-0.2, -0.15) is 0 Å². The highest BCUT2D eigenvalue weighted by atomic mass is 16.1. The Hall–Kier alpha value is -1.25. The molecule has 1 aromatic rings. The summed E-state index contributed by atoms with van der Waals surface area (Å²) in [6.07, 6.45) is 3.71. The van der Waals surface area contributed by atoms with Crippen LogP contribution in [0.15, 0.2) is 24.5 Å². The third-order valence-electron chi connectivity index (χ3n) is 1.27. The van der Waals surface area contributed by atoms with Gasteiger partial charge in [0.1, 0.15) is 6.54 Å². The van der Waals surface area contributed by atoms with Gasteiger partial charge in [-0.05, 0) is 12.1 Å². The lowest BCUT2D eigenvalue weighted by Gasteiger charge is -1.99. The van der Waals surface area contributed by atoms with E-state index < -0.39 is 0 Å². The summed E-state index contributed by atoms with van der Waals surface area (Å²) in [6.45, 7) is 0.406. The van der Waals surface area contributed by atoms with Gasteiger partial charge in [0, 0.05) is 19.4 Å². The Morgan fingerprint density at radius 2 is 2.10 bits per heavy atom. The average Bonchev–Trinajstić information content (AvgIpc) is 2.40. The molecular formula is C7H10N2O. The zero-order chi connectivity index (χ0) is 7.40. The van der Waals surface area contributed by atoms with E-state index in [0.717, 1.165) is 0 Å². The molecule has 3 nitrogen and oxygen atoms in total. The molecule has 0 spiro atoms. The maximum atomic E-state index is 10.7. The highest BCUT2D eigenvalue weighted by molar-refractivity contribution is 5.75. The van der Waals surface area contributed by atoms with Crippen molar-refractivity contribution in [2.75, 3.05) is 7.05 Å². The van der Waals surface area contributed by atoms with E-state index in [1.165, 1.54) is 0 Å². The summed E-state index contributed by atoms with van der Waals surface area (Å²) in [4.78, 5) is 10.7. The van der Waals surface area contributed by atoms with Crippen LogP contribution in [0.5, 0.6) is 0 Å². The Morgan fingerprint density at radius 1 is 1.50 bits per heavy atom. The Kier molecular flexibility index (Phi) is 2.10. The van der Waals surface area contributed by atoms with Crippen LogP contribution in [-0.2, 0) is 11.3 Å². The van der Waals surface area contributed by atoms with Crippen molar-refractivity contribution in [1.82, 2.24) is 9.88 Å². The molecule has 0 aliphatic heterocycles. The minimum Gasteiger partial charge on any atom is -0.358 e. The van der Waals surface area contributed by atoms with Gasteiger partial charge in [-0.15, -0.1) is 0 Å². The Bertz CT molecular complexity index is 203. The van der Waals surface area contributed by atoms with E-state index in [0.29, 0.717) is 6.54 Å². The predicted molar refractivity (Wildman–Crippen MR) is 38.5 cm³/mol. The number of likely N-dealkylation sites (N-methyl/N-ethyl adjacent to an activating group) is 1. The standard InChI is InChI=1S/C7H10N2O/c1-8-7(10)6-9-4-2-3-5-9/h2-5H,6H2,1H3,(H,8,10). The first-order valence-corrected chi connectivity index (χ1v) is 3.14. The molecule has 3 heteroatoms. The second kappa shape index (κ2) is 3.06. The Labute approximate surface area is 59.7 Å². The van der Waals surface area contributed by atoms with Gasteiger partial charge < -0.3 is 9.88 Å². The van der Waals surface area contributed by atoms with Crippen LogP contribution in [-0.4, -0.2) is 17.5 Å². The molecule has 0 aromatic carbocycles. The minimum absolute atomic E-state index is 0.0243. The van der Waals surface area contributed by atoms with Crippen molar-refractivity contribution in [2.45, 2.75) is 6.54 Å². The lowest BCUT2D eigenvalue weighted by Crippen LogP contribution is -2.22. The monoisotopic (exact) mass is 138 g/mol. The first kappa shape index (κ1) is 6.86. The molecule has 10 heavy (non-hydrogen) atoms. The molecular weight excluding hydrogens is 128 g/mol. The van der Waals surface area contributed by atoms with Gasteiger partial charge in [0.25, 0.3) is 0 Å². The van der Waals surface area contributed by atoms with E-state index in [-0.39, 0.29) is 5.91 Å². The van der Waals surface area contributed by atoms with Crippen molar-refractivity contribution in [3.63, 3.8) is 0 Å². The van der Waals surface area contributed by atoms with E-state index in [1.807, 2.05) is 29.1 Å². The van der Waals surface area contributed by atoms with Crippen molar-refractivity contribution < 1.29 is 4.79 Å². The second-order valence-electron chi connectivity index (χ2n) is 2.03. The summed E-state index contributed by atoms with van der Waals surface area (Å²) in [6, 6.07) is 3.78. The lowest BCUT2D eigenvalue weighted by molar-refractivity contribution is -0.121. The number of hydrogen-bond donors (Lipinski definition) is 1. The number of hydrogen-bond acceptors (Lipinski definition) is 1. The maximum Gasteiger partial charge on any atom is 0.239 e.